The zero-order valence-corrected chi connectivity index (χ0v) is 7.18. The van der Waals surface area contributed by atoms with Crippen molar-refractivity contribution in [1.82, 2.24) is 0 Å². The molecule has 1 nitrogen and oxygen atoms in total. The van der Waals surface area contributed by atoms with Crippen molar-refractivity contribution in [3.05, 3.63) is 0 Å². The first kappa shape index (κ1) is 6.47. The van der Waals surface area contributed by atoms with Gasteiger partial charge in [0.05, 0.1) is 6.61 Å². The van der Waals surface area contributed by atoms with E-state index in [0.29, 0.717) is 5.41 Å². The van der Waals surface area contributed by atoms with E-state index in [0.717, 1.165) is 31.0 Å². The summed E-state index contributed by atoms with van der Waals surface area (Å²) in [6, 6.07) is 0. The summed E-state index contributed by atoms with van der Waals surface area (Å²) in [4.78, 5) is 0. The molecule has 0 N–H and O–H groups in total. The van der Waals surface area contributed by atoms with Gasteiger partial charge in [0.15, 0.2) is 0 Å². The molecule has 3 aliphatic carbocycles. The van der Waals surface area contributed by atoms with Gasteiger partial charge in [-0.15, -0.1) is 0 Å². The van der Waals surface area contributed by atoms with Gasteiger partial charge in [0.2, 0.25) is 0 Å². The second kappa shape index (κ2) is 1.82. The Morgan fingerprint density at radius 1 is 1.36 bits per heavy atom. The van der Waals surface area contributed by atoms with Gasteiger partial charge >= 0.3 is 0 Å². The van der Waals surface area contributed by atoms with Crippen LogP contribution < -0.4 is 0 Å². The third kappa shape index (κ3) is 0.618. The first-order valence-electron chi connectivity index (χ1n) is 4.88. The van der Waals surface area contributed by atoms with E-state index < -0.39 is 0 Å². The van der Waals surface area contributed by atoms with E-state index in [2.05, 4.69) is 6.92 Å². The number of ether oxygens (including phenoxy) is 1. The van der Waals surface area contributed by atoms with E-state index in [1.54, 1.807) is 0 Å². The van der Waals surface area contributed by atoms with Crippen molar-refractivity contribution in [1.29, 1.82) is 0 Å². The maximum Gasteiger partial charge on any atom is 0.0525 e. The standard InChI is InChI=1S/C10H16O/c1-10-6-11-5-7-2-3-8(10)4-9(7)10/h7-9H,2-6H2,1H3. The Morgan fingerprint density at radius 3 is 2.91 bits per heavy atom. The molecule has 62 valence electrons. The summed E-state index contributed by atoms with van der Waals surface area (Å²) in [5.41, 5.74) is 0.612. The molecule has 0 amide bonds. The molecule has 4 bridgehead atoms. The summed E-state index contributed by atoms with van der Waals surface area (Å²) in [6.45, 7) is 4.56. The van der Waals surface area contributed by atoms with Crippen molar-refractivity contribution in [2.24, 2.45) is 23.2 Å². The minimum atomic E-state index is 0.612. The Balaban J connectivity index is 1.94. The molecule has 0 spiro atoms. The maximum absolute atomic E-state index is 5.64. The highest BCUT2D eigenvalue weighted by atomic mass is 16.5. The second-order valence-electron chi connectivity index (χ2n) is 4.90. The normalized spacial score (nSPS) is 60.3. The van der Waals surface area contributed by atoms with E-state index in [9.17, 15) is 0 Å². The van der Waals surface area contributed by atoms with Crippen LogP contribution in [0.3, 0.4) is 0 Å². The van der Waals surface area contributed by atoms with Gasteiger partial charge in [-0.25, -0.2) is 0 Å². The molecule has 0 radical (unpaired) electrons. The van der Waals surface area contributed by atoms with Crippen LogP contribution in [0.1, 0.15) is 26.2 Å². The molecule has 11 heavy (non-hydrogen) atoms. The van der Waals surface area contributed by atoms with Crippen LogP contribution in [0, 0.1) is 23.2 Å². The summed E-state index contributed by atoms with van der Waals surface area (Å²) in [7, 11) is 0. The Hall–Kier alpha value is -0.0400. The first-order chi connectivity index (χ1) is 5.31. The topological polar surface area (TPSA) is 9.23 Å². The van der Waals surface area contributed by atoms with Crippen molar-refractivity contribution < 1.29 is 4.74 Å². The molecule has 0 aromatic heterocycles. The number of rotatable bonds is 0. The molecule has 1 saturated heterocycles. The number of hydrogen-bond acceptors (Lipinski definition) is 1. The molecule has 1 heteroatoms. The number of hydrogen-bond donors (Lipinski definition) is 0. The van der Waals surface area contributed by atoms with Crippen LogP contribution in [0.2, 0.25) is 0 Å². The van der Waals surface area contributed by atoms with Crippen LogP contribution in [-0.4, -0.2) is 13.2 Å². The van der Waals surface area contributed by atoms with E-state index >= 15 is 0 Å². The Labute approximate surface area is 68.1 Å². The zero-order chi connectivity index (χ0) is 7.47. The number of fused-ring (bicyclic) bond motifs is 1. The fourth-order valence-corrected chi connectivity index (χ4v) is 3.64. The molecule has 4 aliphatic rings. The van der Waals surface area contributed by atoms with E-state index in [1.807, 2.05) is 0 Å². The van der Waals surface area contributed by atoms with Crippen molar-refractivity contribution in [3.63, 3.8) is 0 Å². The minimum Gasteiger partial charge on any atom is -0.381 e. The summed E-state index contributed by atoms with van der Waals surface area (Å²) in [6.07, 6.45) is 4.45. The average molecular weight is 152 g/mol. The van der Waals surface area contributed by atoms with Crippen LogP contribution in [0.15, 0.2) is 0 Å². The smallest absolute Gasteiger partial charge is 0.0525 e. The van der Waals surface area contributed by atoms with Crippen LogP contribution >= 0.6 is 0 Å². The van der Waals surface area contributed by atoms with Crippen molar-refractivity contribution in [2.45, 2.75) is 26.2 Å². The fraction of sp³-hybridized carbons (Fsp3) is 1.00. The minimum absolute atomic E-state index is 0.612. The molecular weight excluding hydrogens is 136 g/mol. The highest BCUT2D eigenvalue weighted by Crippen LogP contribution is 2.63. The fourth-order valence-electron chi connectivity index (χ4n) is 3.64. The van der Waals surface area contributed by atoms with Crippen molar-refractivity contribution >= 4 is 0 Å². The van der Waals surface area contributed by atoms with Crippen molar-refractivity contribution in [3.8, 4) is 0 Å². The molecule has 4 unspecified atom stereocenters. The van der Waals surface area contributed by atoms with E-state index in [4.69, 9.17) is 4.74 Å². The molecule has 1 heterocycles. The van der Waals surface area contributed by atoms with Gasteiger partial charge in [-0.2, -0.15) is 0 Å². The Kier molecular flexibility index (Phi) is 1.07. The zero-order valence-electron chi connectivity index (χ0n) is 7.18. The molecule has 3 saturated carbocycles. The SMILES string of the molecule is CC12COCC3CCC1CC32. The quantitative estimate of drug-likeness (QED) is 0.516. The second-order valence-corrected chi connectivity index (χ2v) is 4.90. The van der Waals surface area contributed by atoms with Gasteiger partial charge in [-0.05, 0) is 42.4 Å². The molecular formula is C10H16O. The van der Waals surface area contributed by atoms with Gasteiger partial charge < -0.3 is 4.74 Å². The van der Waals surface area contributed by atoms with Gasteiger partial charge in [0, 0.05) is 6.61 Å². The summed E-state index contributed by atoms with van der Waals surface area (Å²) in [5.74, 6) is 2.98. The van der Waals surface area contributed by atoms with Crippen LogP contribution in [0.25, 0.3) is 0 Å². The van der Waals surface area contributed by atoms with Gasteiger partial charge in [0.1, 0.15) is 0 Å². The van der Waals surface area contributed by atoms with Crippen molar-refractivity contribution in [2.75, 3.05) is 13.2 Å². The lowest BCUT2D eigenvalue weighted by Crippen LogP contribution is -2.60. The third-order valence-corrected chi connectivity index (χ3v) is 4.52. The Bertz CT molecular complexity index is 185. The summed E-state index contributed by atoms with van der Waals surface area (Å²) in [5, 5.41) is 0. The lowest BCUT2D eigenvalue weighted by Gasteiger charge is -2.63. The van der Waals surface area contributed by atoms with E-state index in [-0.39, 0.29) is 0 Å². The molecule has 4 atom stereocenters. The monoisotopic (exact) mass is 152 g/mol. The van der Waals surface area contributed by atoms with Crippen LogP contribution in [0.5, 0.6) is 0 Å². The van der Waals surface area contributed by atoms with Crippen LogP contribution in [0.4, 0.5) is 0 Å². The highest BCUT2D eigenvalue weighted by molar-refractivity contribution is 5.07. The van der Waals surface area contributed by atoms with Gasteiger partial charge in [-0.1, -0.05) is 6.92 Å². The Morgan fingerprint density at radius 2 is 2.27 bits per heavy atom. The lowest BCUT2D eigenvalue weighted by atomic mass is 9.44. The van der Waals surface area contributed by atoms with Gasteiger partial charge in [0.25, 0.3) is 0 Å². The molecule has 0 aromatic rings. The predicted molar refractivity (Wildman–Crippen MR) is 43.2 cm³/mol. The first-order valence-corrected chi connectivity index (χ1v) is 4.88. The molecule has 0 aromatic carbocycles. The lowest BCUT2D eigenvalue weighted by molar-refractivity contribution is -0.212. The van der Waals surface area contributed by atoms with Crippen LogP contribution in [-0.2, 0) is 4.74 Å². The molecule has 4 rings (SSSR count). The molecule has 4 fully saturated rings. The third-order valence-electron chi connectivity index (χ3n) is 4.52. The average Bonchev–Trinajstić information content (AvgIpc) is 2.02. The highest BCUT2D eigenvalue weighted by Gasteiger charge is 2.58. The maximum atomic E-state index is 5.64. The van der Waals surface area contributed by atoms with Gasteiger partial charge in [-0.3, -0.25) is 0 Å². The summed E-state index contributed by atoms with van der Waals surface area (Å²) >= 11 is 0. The largest absolute Gasteiger partial charge is 0.381 e. The predicted octanol–water partition coefficient (Wildman–Crippen LogP) is 2.07. The summed E-state index contributed by atoms with van der Waals surface area (Å²) < 4.78 is 5.64. The van der Waals surface area contributed by atoms with E-state index in [1.165, 1.54) is 19.3 Å². The molecule has 1 aliphatic heterocycles.